The average Bonchev–Trinajstić information content (AvgIpc) is 3.28. The average molecular weight is 334 g/mol. The van der Waals surface area contributed by atoms with Gasteiger partial charge in [-0.05, 0) is 56.0 Å². The van der Waals surface area contributed by atoms with Crippen molar-refractivity contribution in [2.45, 2.75) is 31.7 Å². The Bertz CT molecular complexity index is 524. The minimum absolute atomic E-state index is 0.105. The number of hydrogen-bond acceptors (Lipinski definition) is 4. The second-order valence-electron chi connectivity index (χ2n) is 6.78. The lowest BCUT2D eigenvalue weighted by atomic mass is 10.0. The summed E-state index contributed by atoms with van der Waals surface area (Å²) in [6.07, 6.45) is 3.83. The summed E-state index contributed by atoms with van der Waals surface area (Å²) in [4.78, 5) is 14.6. The normalized spacial score (nSPS) is 20.4. The molecular formula is C18H27FN4O. The number of benzene rings is 1. The van der Waals surface area contributed by atoms with Crippen LogP contribution in [0.4, 0.5) is 4.39 Å². The lowest BCUT2D eigenvalue weighted by molar-refractivity contribution is -0.121. The Morgan fingerprint density at radius 2 is 1.88 bits per heavy atom. The maximum Gasteiger partial charge on any atom is 0.220 e. The minimum Gasteiger partial charge on any atom is -0.354 e. The molecule has 0 saturated carbocycles. The van der Waals surface area contributed by atoms with Crippen molar-refractivity contribution in [2.75, 3.05) is 32.7 Å². The maximum absolute atomic E-state index is 13.2. The van der Waals surface area contributed by atoms with E-state index in [1.54, 1.807) is 0 Å². The van der Waals surface area contributed by atoms with E-state index in [0.717, 1.165) is 38.2 Å². The zero-order valence-electron chi connectivity index (χ0n) is 14.1. The van der Waals surface area contributed by atoms with E-state index in [1.807, 2.05) is 12.1 Å². The predicted molar refractivity (Wildman–Crippen MR) is 91.7 cm³/mol. The van der Waals surface area contributed by atoms with Gasteiger partial charge >= 0.3 is 0 Å². The third kappa shape index (κ3) is 4.75. The fourth-order valence-electron chi connectivity index (χ4n) is 3.54. The largest absolute Gasteiger partial charge is 0.354 e. The molecule has 2 aliphatic heterocycles. The van der Waals surface area contributed by atoms with Gasteiger partial charge in [-0.3, -0.25) is 20.5 Å². The molecule has 0 spiro atoms. The standard InChI is InChI=1S/C18H27FN4O/c19-16-6-4-15(5-7-16)17(23-9-1-2-10-23)13-20-18(24)8-3-14-11-21-22-12-14/h4-7,14,17,21-22H,1-3,8-13H2,(H,20,24). The van der Waals surface area contributed by atoms with Crippen LogP contribution in [-0.4, -0.2) is 43.5 Å². The number of rotatable bonds is 7. The van der Waals surface area contributed by atoms with Crippen molar-refractivity contribution in [3.63, 3.8) is 0 Å². The fourth-order valence-corrected chi connectivity index (χ4v) is 3.54. The molecule has 2 fully saturated rings. The van der Waals surface area contributed by atoms with E-state index in [1.165, 1.54) is 25.0 Å². The second kappa shape index (κ2) is 8.55. The Hall–Kier alpha value is -1.50. The van der Waals surface area contributed by atoms with Gasteiger partial charge < -0.3 is 5.32 Å². The Kier molecular flexibility index (Phi) is 6.18. The van der Waals surface area contributed by atoms with E-state index in [9.17, 15) is 9.18 Å². The summed E-state index contributed by atoms with van der Waals surface area (Å²) >= 11 is 0. The molecule has 2 heterocycles. The lowest BCUT2D eigenvalue weighted by Crippen LogP contribution is -2.37. The number of carbonyl (C=O) groups is 1. The van der Waals surface area contributed by atoms with Gasteiger partial charge in [0, 0.05) is 26.1 Å². The van der Waals surface area contributed by atoms with Crippen LogP contribution < -0.4 is 16.2 Å². The summed E-state index contributed by atoms with van der Waals surface area (Å²) in [5, 5.41) is 3.08. The van der Waals surface area contributed by atoms with Crippen molar-refractivity contribution in [3.8, 4) is 0 Å². The molecule has 2 saturated heterocycles. The molecule has 3 N–H and O–H groups in total. The van der Waals surface area contributed by atoms with Gasteiger partial charge in [0.15, 0.2) is 0 Å². The molecule has 1 amide bonds. The number of hydrogen-bond donors (Lipinski definition) is 3. The highest BCUT2D eigenvalue weighted by Gasteiger charge is 2.24. The van der Waals surface area contributed by atoms with Crippen molar-refractivity contribution in [3.05, 3.63) is 35.6 Å². The topological polar surface area (TPSA) is 56.4 Å². The first-order valence-electron chi connectivity index (χ1n) is 8.94. The molecule has 1 atom stereocenters. The Balaban J connectivity index is 1.53. The molecule has 2 aliphatic rings. The van der Waals surface area contributed by atoms with E-state index in [4.69, 9.17) is 0 Å². The van der Waals surface area contributed by atoms with Gasteiger partial charge in [-0.25, -0.2) is 4.39 Å². The zero-order valence-corrected chi connectivity index (χ0v) is 14.1. The van der Waals surface area contributed by atoms with Gasteiger partial charge in [-0.2, -0.15) is 0 Å². The summed E-state index contributed by atoms with van der Waals surface area (Å²) in [5.41, 5.74) is 7.25. The van der Waals surface area contributed by atoms with Crippen LogP contribution in [0, 0.1) is 11.7 Å². The summed E-state index contributed by atoms with van der Waals surface area (Å²) in [5.74, 6) is 0.414. The number of hydrazine groups is 1. The molecule has 0 radical (unpaired) electrons. The van der Waals surface area contributed by atoms with Gasteiger partial charge in [-0.1, -0.05) is 12.1 Å². The van der Waals surface area contributed by atoms with E-state index in [0.29, 0.717) is 18.9 Å². The summed E-state index contributed by atoms with van der Waals surface area (Å²) < 4.78 is 13.2. The van der Waals surface area contributed by atoms with E-state index < -0.39 is 0 Å². The van der Waals surface area contributed by atoms with Crippen LogP contribution in [0.1, 0.15) is 37.3 Å². The third-order valence-electron chi connectivity index (χ3n) is 5.01. The van der Waals surface area contributed by atoms with Crippen LogP contribution in [-0.2, 0) is 4.79 Å². The number of amides is 1. The van der Waals surface area contributed by atoms with Gasteiger partial charge in [0.1, 0.15) is 5.82 Å². The van der Waals surface area contributed by atoms with Crippen molar-refractivity contribution in [1.82, 2.24) is 21.1 Å². The smallest absolute Gasteiger partial charge is 0.220 e. The first kappa shape index (κ1) is 17.3. The zero-order chi connectivity index (χ0) is 16.8. The lowest BCUT2D eigenvalue weighted by Gasteiger charge is -2.28. The molecule has 0 aliphatic carbocycles. The molecule has 1 aromatic rings. The maximum atomic E-state index is 13.2. The molecule has 1 aromatic carbocycles. The third-order valence-corrected chi connectivity index (χ3v) is 5.01. The number of carbonyl (C=O) groups excluding carboxylic acids is 1. The Labute approximate surface area is 143 Å². The number of likely N-dealkylation sites (tertiary alicyclic amines) is 1. The Morgan fingerprint density at radius 3 is 2.54 bits per heavy atom. The summed E-state index contributed by atoms with van der Waals surface area (Å²) in [6.45, 7) is 4.53. The molecule has 132 valence electrons. The van der Waals surface area contributed by atoms with E-state index >= 15 is 0 Å². The molecule has 6 heteroatoms. The Morgan fingerprint density at radius 1 is 1.21 bits per heavy atom. The van der Waals surface area contributed by atoms with Crippen LogP contribution in [0.5, 0.6) is 0 Å². The minimum atomic E-state index is -0.221. The second-order valence-corrected chi connectivity index (χ2v) is 6.78. The van der Waals surface area contributed by atoms with Crippen molar-refractivity contribution < 1.29 is 9.18 Å². The fraction of sp³-hybridized carbons (Fsp3) is 0.611. The van der Waals surface area contributed by atoms with Crippen molar-refractivity contribution in [1.29, 1.82) is 0 Å². The first-order chi connectivity index (χ1) is 11.7. The van der Waals surface area contributed by atoms with Gasteiger partial charge in [0.05, 0.1) is 6.04 Å². The number of halogens is 1. The van der Waals surface area contributed by atoms with Crippen molar-refractivity contribution >= 4 is 5.91 Å². The first-order valence-corrected chi connectivity index (χ1v) is 8.94. The quantitative estimate of drug-likeness (QED) is 0.709. The van der Waals surface area contributed by atoms with E-state index in [-0.39, 0.29) is 17.8 Å². The predicted octanol–water partition coefficient (Wildman–Crippen LogP) is 1.58. The van der Waals surface area contributed by atoms with Crippen LogP contribution >= 0.6 is 0 Å². The highest BCUT2D eigenvalue weighted by atomic mass is 19.1. The molecular weight excluding hydrogens is 307 g/mol. The van der Waals surface area contributed by atoms with Crippen LogP contribution in [0.15, 0.2) is 24.3 Å². The number of nitrogens with one attached hydrogen (secondary N) is 3. The molecule has 24 heavy (non-hydrogen) atoms. The van der Waals surface area contributed by atoms with Crippen LogP contribution in [0.25, 0.3) is 0 Å². The molecule has 3 rings (SSSR count). The highest BCUT2D eigenvalue weighted by molar-refractivity contribution is 5.75. The summed E-state index contributed by atoms with van der Waals surface area (Å²) in [6, 6.07) is 6.80. The van der Waals surface area contributed by atoms with Gasteiger partial charge in [-0.15, -0.1) is 0 Å². The summed E-state index contributed by atoms with van der Waals surface area (Å²) in [7, 11) is 0. The van der Waals surface area contributed by atoms with Gasteiger partial charge in [0.25, 0.3) is 0 Å². The van der Waals surface area contributed by atoms with Gasteiger partial charge in [0.2, 0.25) is 5.91 Å². The number of nitrogens with zero attached hydrogens (tertiary/aromatic N) is 1. The van der Waals surface area contributed by atoms with Crippen molar-refractivity contribution in [2.24, 2.45) is 5.92 Å². The van der Waals surface area contributed by atoms with Crippen LogP contribution in [0.2, 0.25) is 0 Å². The monoisotopic (exact) mass is 334 g/mol. The molecule has 0 aromatic heterocycles. The van der Waals surface area contributed by atoms with E-state index in [2.05, 4.69) is 21.1 Å². The molecule has 1 unspecified atom stereocenters. The highest BCUT2D eigenvalue weighted by Crippen LogP contribution is 2.24. The molecule has 5 nitrogen and oxygen atoms in total. The van der Waals surface area contributed by atoms with Crippen LogP contribution in [0.3, 0.4) is 0 Å². The molecule has 0 bridgehead atoms. The SMILES string of the molecule is O=C(CCC1CNNC1)NCC(c1ccc(F)cc1)N1CCCC1.